The van der Waals surface area contributed by atoms with Crippen LogP contribution in [-0.4, -0.2) is 29.6 Å². The lowest BCUT2D eigenvalue weighted by molar-refractivity contribution is -0.136. The van der Waals surface area contributed by atoms with Gasteiger partial charge in [0, 0.05) is 19.0 Å². The third-order valence-electron chi connectivity index (χ3n) is 3.48. The zero-order valence-electron chi connectivity index (χ0n) is 12.1. The molecule has 0 radical (unpaired) electrons. The summed E-state index contributed by atoms with van der Waals surface area (Å²) in [5, 5.41) is 15.1. The van der Waals surface area contributed by atoms with Crippen molar-refractivity contribution in [2.45, 2.75) is 44.7 Å². The van der Waals surface area contributed by atoms with Gasteiger partial charge in [-0.15, -0.1) is 0 Å². The molecule has 0 aromatic heterocycles. The van der Waals surface area contributed by atoms with Gasteiger partial charge >= 0.3 is 5.97 Å². The molecule has 21 heavy (non-hydrogen) atoms. The van der Waals surface area contributed by atoms with E-state index in [1.165, 1.54) is 0 Å². The van der Waals surface area contributed by atoms with E-state index < -0.39 is 5.97 Å². The lowest BCUT2D eigenvalue weighted by Gasteiger charge is -2.09. The zero-order chi connectivity index (χ0) is 15.1. The van der Waals surface area contributed by atoms with Crippen molar-refractivity contribution >= 4 is 11.9 Å². The molecule has 114 valence electrons. The van der Waals surface area contributed by atoms with E-state index in [-0.39, 0.29) is 12.3 Å². The molecule has 0 bridgehead atoms. The summed E-state index contributed by atoms with van der Waals surface area (Å²) in [5.74, 6) is -0.690. The molecule has 3 N–H and O–H groups in total. The molecule has 0 saturated heterocycles. The molecule has 5 heteroatoms. The molecule has 0 aliphatic heterocycles. The van der Waals surface area contributed by atoms with E-state index in [0.29, 0.717) is 19.0 Å². The van der Waals surface area contributed by atoms with Crippen molar-refractivity contribution in [1.29, 1.82) is 0 Å². The van der Waals surface area contributed by atoms with Crippen LogP contribution in [0.1, 0.15) is 36.8 Å². The minimum Gasteiger partial charge on any atom is -0.481 e. The molecule has 0 heterocycles. The Bertz CT molecular complexity index is 498. The quantitative estimate of drug-likeness (QED) is 0.602. The molecule has 0 unspecified atom stereocenters. The zero-order valence-corrected chi connectivity index (χ0v) is 12.1. The van der Waals surface area contributed by atoms with Gasteiger partial charge in [-0.05, 0) is 36.9 Å². The van der Waals surface area contributed by atoms with E-state index in [4.69, 9.17) is 5.11 Å². The Hall–Kier alpha value is -1.88. The second kappa shape index (κ2) is 7.78. The molecule has 1 aliphatic rings. The van der Waals surface area contributed by atoms with Crippen LogP contribution in [0.5, 0.6) is 0 Å². The molecule has 1 fully saturated rings. The van der Waals surface area contributed by atoms with Crippen molar-refractivity contribution < 1.29 is 14.7 Å². The second-order valence-corrected chi connectivity index (χ2v) is 5.46. The highest BCUT2D eigenvalue weighted by Crippen LogP contribution is 2.18. The van der Waals surface area contributed by atoms with Gasteiger partial charge in [0.2, 0.25) is 5.91 Å². The topological polar surface area (TPSA) is 78.4 Å². The Morgan fingerprint density at radius 1 is 1.19 bits per heavy atom. The van der Waals surface area contributed by atoms with Crippen molar-refractivity contribution in [2.75, 3.05) is 6.54 Å². The fourth-order valence-corrected chi connectivity index (χ4v) is 2.19. The number of aliphatic carboxylic acids is 1. The third kappa shape index (κ3) is 5.95. The number of carbonyl (C=O) groups is 2. The summed E-state index contributed by atoms with van der Waals surface area (Å²) in [4.78, 5) is 22.3. The SMILES string of the molecule is O=C(O)Cc1ccccc1CNCCCC(=O)NC1CC1. The van der Waals surface area contributed by atoms with Crippen LogP contribution in [0.3, 0.4) is 0 Å². The first-order chi connectivity index (χ1) is 10.1. The van der Waals surface area contributed by atoms with Crippen molar-refractivity contribution in [3.8, 4) is 0 Å². The summed E-state index contributed by atoms with van der Waals surface area (Å²) in [7, 11) is 0. The van der Waals surface area contributed by atoms with Gasteiger partial charge in [0.15, 0.2) is 0 Å². The van der Waals surface area contributed by atoms with Crippen molar-refractivity contribution in [3.63, 3.8) is 0 Å². The number of carboxylic acids is 1. The molecule has 1 saturated carbocycles. The number of carboxylic acid groups (broad SMARTS) is 1. The fourth-order valence-electron chi connectivity index (χ4n) is 2.19. The van der Waals surface area contributed by atoms with Gasteiger partial charge in [-0.3, -0.25) is 9.59 Å². The molecular weight excluding hydrogens is 268 g/mol. The molecule has 5 nitrogen and oxygen atoms in total. The molecule has 1 aliphatic carbocycles. The van der Waals surface area contributed by atoms with Crippen molar-refractivity contribution in [1.82, 2.24) is 10.6 Å². The van der Waals surface area contributed by atoms with Gasteiger partial charge in [-0.2, -0.15) is 0 Å². The molecular formula is C16H22N2O3. The second-order valence-electron chi connectivity index (χ2n) is 5.46. The van der Waals surface area contributed by atoms with Gasteiger partial charge in [-0.1, -0.05) is 24.3 Å². The maximum atomic E-state index is 11.5. The van der Waals surface area contributed by atoms with Crippen LogP contribution in [-0.2, 0) is 22.6 Å². The summed E-state index contributed by atoms with van der Waals surface area (Å²) >= 11 is 0. The van der Waals surface area contributed by atoms with E-state index >= 15 is 0 Å². The highest BCUT2D eigenvalue weighted by molar-refractivity contribution is 5.76. The van der Waals surface area contributed by atoms with E-state index in [2.05, 4.69) is 10.6 Å². The number of hydrogen-bond donors (Lipinski definition) is 3. The standard InChI is InChI=1S/C16H22N2O3/c19-15(18-14-7-8-14)6-3-9-17-11-13-5-2-1-4-12(13)10-16(20)21/h1-2,4-5,14,17H,3,6-11H2,(H,18,19)(H,20,21). The molecule has 1 aromatic carbocycles. The molecule has 0 atom stereocenters. The maximum Gasteiger partial charge on any atom is 0.307 e. The summed E-state index contributed by atoms with van der Waals surface area (Å²) in [6, 6.07) is 7.96. The number of amides is 1. The maximum absolute atomic E-state index is 11.5. The lowest BCUT2D eigenvalue weighted by atomic mass is 10.0. The van der Waals surface area contributed by atoms with E-state index in [1.54, 1.807) is 0 Å². The minimum atomic E-state index is -0.820. The van der Waals surface area contributed by atoms with Crippen LogP contribution in [0.15, 0.2) is 24.3 Å². The first-order valence-electron chi connectivity index (χ1n) is 7.44. The van der Waals surface area contributed by atoms with Crippen LogP contribution in [0.25, 0.3) is 0 Å². The Labute approximate surface area is 124 Å². The van der Waals surface area contributed by atoms with Gasteiger partial charge in [0.05, 0.1) is 6.42 Å². The fraction of sp³-hybridized carbons (Fsp3) is 0.500. The van der Waals surface area contributed by atoms with E-state index in [1.807, 2.05) is 24.3 Å². The third-order valence-corrected chi connectivity index (χ3v) is 3.48. The van der Waals surface area contributed by atoms with Gasteiger partial charge < -0.3 is 15.7 Å². The summed E-state index contributed by atoms with van der Waals surface area (Å²) in [5.41, 5.74) is 1.84. The average Bonchev–Trinajstić information content (AvgIpc) is 3.23. The lowest BCUT2D eigenvalue weighted by Crippen LogP contribution is -2.26. The number of nitrogens with one attached hydrogen (secondary N) is 2. The van der Waals surface area contributed by atoms with Crippen LogP contribution in [0.2, 0.25) is 0 Å². The van der Waals surface area contributed by atoms with Gasteiger partial charge in [-0.25, -0.2) is 0 Å². The summed E-state index contributed by atoms with van der Waals surface area (Å²) in [6.45, 7) is 1.38. The number of hydrogen-bond acceptors (Lipinski definition) is 3. The van der Waals surface area contributed by atoms with Crippen molar-refractivity contribution in [2.24, 2.45) is 0 Å². The Kier molecular flexibility index (Phi) is 5.75. The predicted molar refractivity (Wildman–Crippen MR) is 79.9 cm³/mol. The highest BCUT2D eigenvalue weighted by Gasteiger charge is 2.22. The molecule has 1 aromatic rings. The van der Waals surface area contributed by atoms with Gasteiger partial charge in [0.1, 0.15) is 0 Å². The van der Waals surface area contributed by atoms with Crippen LogP contribution < -0.4 is 10.6 Å². The van der Waals surface area contributed by atoms with Crippen molar-refractivity contribution in [3.05, 3.63) is 35.4 Å². The molecule has 0 spiro atoms. The van der Waals surface area contributed by atoms with Crippen LogP contribution in [0.4, 0.5) is 0 Å². The van der Waals surface area contributed by atoms with Crippen LogP contribution >= 0.6 is 0 Å². The Balaban J connectivity index is 1.65. The number of benzene rings is 1. The summed E-state index contributed by atoms with van der Waals surface area (Å²) in [6.07, 6.45) is 3.61. The minimum absolute atomic E-state index is 0.0433. The largest absolute Gasteiger partial charge is 0.481 e. The molecule has 1 amide bonds. The van der Waals surface area contributed by atoms with E-state index in [0.717, 1.165) is 36.9 Å². The van der Waals surface area contributed by atoms with Crippen LogP contribution in [0, 0.1) is 0 Å². The predicted octanol–water partition coefficient (Wildman–Crippen LogP) is 1.46. The number of rotatable bonds is 9. The Morgan fingerprint density at radius 2 is 1.90 bits per heavy atom. The smallest absolute Gasteiger partial charge is 0.307 e. The first-order valence-corrected chi connectivity index (χ1v) is 7.44. The summed E-state index contributed by atoms with van der Waals surface area (Å²) < 4.78 is 0. The number of carbonyl (C=O) groups excluding carboxylic acids is 1. The Morgan fingerprint density at radius 3 is 2.57 bits per heavy atom. The van der Waals surface area contributed by atoms with E-state index in [9.17, 15) is 9.59 Å². The first kappa shape index (κ1) is 15.5. The highest BCUT2D eigenvalue weighted by atomic mass is 16.4. The molecule has 2 rings (SSSR count). The van der Waals surface area contributed by atoms with Gasteiger partial charge in [0.25, 0.3) is 0 Å². The normalized spacial score (nSPS) is 13.9. The average molecular weight is 290 g/mol. The monoisotopic (exact) mass is 290 g/mol.